The summed E-state index contributed by atoms with van der Waals surface area (Å²) in [6.07, 6.45) is 4.16. The quantitative estimate of drug-likeness (QED) is 0.139. The molecule has 1 N–H and O–H groups in total. The summed E-state index contributed by atoms with van der Waals surface area (Å²) in [5.74, 6) is 2.78. The lowest BCUT2D eigenvalue weighted by Crippen LogP contribution is -2.63. The minimum atomic E-state index is -0.688. The second-order valence-corrected chi connectivity index (χ2v) is 23.7. The highest BCUT2D eigenvalue weighted by molar-refractivity contribution is 7.98. The molecule has 73 heavy (non-hydrogen) atoms. The number of anilines is 5. The van der Waals surface area contributed by atoms with Gasteiger partial charge in [-0.25, -0.2) is 13.2 Å². The van der Waals surface area contributed by atoms with Gasteiger partial charge in [0.05, 0.1) is 0 Å². The third-order valence-corrected chi connectivity index (χ3v) is 19.3. The van der Waals surface area contributed by atoms with Crippen LogP contribution in [-0.4, -0.2) is 32.6 Å². The normalized spacial score (nSPS) is 14.0. The predicted molar refractivity (Wildman–Crippen MR) is 304 cm³/mol. The van der Waals surface area contributed by atoms with Crippen molar-refractivity contribution in [1.82, 2.24) is 0 Å². The fraction of sp³-hybridized carbons (Fsp3) is 0.103. The SMILES string of the molecule is CSc1cc(C)c2c(c1)Oc1c(sc3ccc(C)cc13)B2c1cc2c(cc1C)Oc1cc(SC)cc3c1B2c1cc2c(cc1N3)N(c1c(F)cccc1F)c1cc(C)cc3c1B2c1sc2ccc(F)cc2c1O3. The van der Waals surface area contributed by atoms with Gasteiger partial charge in [-0.1, -0.05) is 46.4 Å². The molecule has 0 amide bonds. The van der Waals surface area contributed by atoms with Crippen molar-refractivity contribution >= 4 is 163 Å². The summed E-state index contributed by atoms with van der Waals surface area (Å²) < 4.78 is 73.3. The second-order valence-electron chi connectivity index (χ2n) is 19.8. The molecular formula is C58H38B3F3N2O3S4. The number of benzene rings is 8. The van der Waals surface area contributed by atoms with Gasteiger partial charge >= 0.3 is 0 Å². The van der Waals surface area contributed by atoms with Gasteiger partial charge in [-0.2, -0.15) is 0 Å². The Hall–Kier alpha value is -6.64. The number of thiophene rings is 2. The van der Waals surface area contributed by atoms with Gasteiger partial charge in [-0.05, 0) is 170 Å². The number of hydrogen-bond donors (Lipinski definition) is 1. The fourth-order valence-corrected chi connectivity index (χ4v) is 15.8. The lowest BCUT2D eigenvalue weighted by atomic mass is 9.31. The van der Waals surface area contributed by atoms with Gasteiger partial charge in [0.25, 0.3) is 20.1 Å². The van der Waals surface area contributed by atoms with Crippen molar-refractivity contribution in [2.45, 2.75) is 37.5 Å². The molecule has 15 rings (SSSR count). The number of rotatable bonds is 4. The van der Waals surface area contributed by atoms with E-state index in [0.717, 1.165) is 103 Å². The Morgan fingerprint density at radius 3 is 1.90 bits per heavy atom. The predicted octanol–water partition coefficient (Wildman–Crippen LogP) is 10.9. The molecule has 0 atom stereocenters. The van der Waals surface area contributed by atoms with Crippen LogP contribution in [0.5, 0.6) is 34.5 Å². The number of ether oxygens (including phenoxy) is 3. The average molecular weight is 1030 g/mol. The summed E-state index contributed by atoms with van der Waals surface area (Å²) in [4.78, 5) is 3.92. The number of fused-ring (bicyclic) bond motifs is 14. The van der Waals surface area contributed by atoms with Crippen molar-refractivity contribution in [3.05, 3.63) is 155 Å². The van der Waals surface area contributed by atoms with Crippen molar-refractivity contribution in [3.8, 4) is 34.5 Å². The molecular weight excluding hydrogens is 990 g/mol. The summed E-state index contributed by atoms with van der Waals surface area (Å²) in [6.45, 7) is 7.60. The van der Waals surface area contributed by atoms with E-state index in [0.29, 0.717) is 28.3 Å². The van der Waals surface area contributed by atoms with E-state index < -0.39 is 18.3 Å². The maximum absolute atomic E-state index is 16.6. The van der Waals surface area contributed by atoms with Gasteiger partial charge in [0.2, 0.25) is 0 Å². The van der Waals surface area contributed by atoms with E-state index in [1.165, 1.54) is 56.4 Å². The molecule has 5 aliphatic rings. The smallest absolute Gasteiger partial charge is 0.268 e. The molecule has 8 aromatic carbocycles. The maximum Gasteiger partial charge on any atom is 0.268 e. The van der Waals surface area contributed by atoms with E-state index in [9.17, 15) is 0 Å². The molecule has 10 aromatic rings. The molecule has 352 valence electrons. The van der Waals surface area contributed by atoms with Crippen LogP contribution in [0.25, 0.3) is 20.2 Å². The first kappa shape index (κ1) is 43.9. The van der Waals surface area contributed by atoms with E-state index in [2.05, 4.69) is 105 Å². The summed E-state index contributed by atoms with van der Waals surface area (Å²) in [5.41, 5.74) is 14.1. The van der Waals surface area contributed by atoms with Gasteiger partial charge in [-0.3, -0.25) is 0 Å². The van der Waals surface area contributed by atoms with Crippen molar-refractivity contribution in [2.75, 3.05) is 22.7 Å². The summed E-state index contributed by atoms with van der Waals surface area (Å²) in [7, 11) is 0. The van der Waals surface area contributed by atoms with Crippen molar-refractivity contribution in [1.29, 1.82) is 0 Å². The minimum absolute atomic E-state index is 0.136. The third-order valence-electron chi connectivity index (χ3n) is 15.4. The van der Waals surface area contributed by atoms with Gasteiger partial charge in [0.1, 0.15) is 57.6 Å². The van der Waals surface area contributed by atoms with Gasteiger partial charge < -0.3 is 24.4 Å². The molecule has 5 aliphatic heterocycles. The van der Waals surface area contributed by atoms with E-state index in [1.54, 1.807) is 57.2 Å². The number of halogens is 3. The topological polar surface area (TPSA) is 43.0 Å². The van der Waals surface area contributed by atoms with Gasteiger partial charge in [-0.15, -0.1) is 46.2 Å². The highest BCUT2D eigenvalue weighted by atomic mass is 32.2. The highest BCUT2D eigenvalue weighted by Crippen LogP contribution is 2.48. The molecule has 0 saturated carbocycles. The standard InChI is InChI=1S/C58H38B3F3N2O3S4/c1-26-10-12-49-33(14-26)55-57(72-49)60(51-29(4)17-31(70-5)21-47(51)69-55)35-23-38-45(18-28(35)3)67-48-22-32(71-6)20-42-52(48)59(38)36-24-37-43(25-41(36)65-42)66(54-39(63)8-7-9-40(54)64)44-15-27(2)16-46-53(44)61(37)58-56(68-46)34-19-30(62)11-13-50(34)73-58/h7-25,65H,1-6H3. The fourth-order valence-electron chi connectivity index (χ4n) is 12.3. The van der Waals surface area contributed by atoms with Crippen molar-refractivity contribution in [2.24, 2.45) is 0 Å². The summed E-state index contributed by atoms with van der Waals surface area (Å²) >= 11 is 6.72. The molecule has 2 aromatic heterocycles. The van der Waals surface area contributed by atoms with Crippen LogP contribution < -0.4 is 72.2 Å². The largest absolute Gasteiger partial charge is 0.458 e. The molecule has 5 nitrogen and oxygen atoms in total. The summed E-state index contributed by atoms with van der Waals surface area (Å²) in [6, 6.07) is 37.1. The van der Waals surface area contributed by atoms with E-state index in [-0.39, 0.29) is 24.9 Å². The first-order chi connectivity index (χ1) is 35.4. The lowest BCUT2D eigenvalue weighted by Gasteiger charge is -2.41. The zero-order valence-electron chi connectivity index (χ0n) is 40.1. The molecule has 7 heterocycles. The monoisotopic (exact) mass is 1030 g/mol. The molecule has 0 fully saturated rings. The Morgan fingerprint density at radius 2 is 1.16 bits per heavy atom. The number of para-hydroxylation sites is 1. The van der Waals surface area contributed by atoms with Crippen LogP contribution in [0.4, 0.5) is 41.6 Å². The van der Waals surface area contributed by atoms with Gasteiger partial charge in [0.15, 0.2) is 0 Å². The van der Waals surface area contributed by atoms with Crippen molar-refractivity contribution in [3.63, 3.8) is 0 Å². The Labute approximate surface area is 436 Å². The van der Waals surface area contributed by atoms with Crippen LogP contribution in [0.15, 0.2) is 125 Å². The Morgan fingerprint density at radius 1 is 0.507 bits per heavy atom. The van der Waals surface area contributed by atoms with Crippen LogP contribution in [0, 0.1) is 45.1 Å². The van der Waals surface area contributed by atoms with Crippen molar-refractivity contribution < 1.29 is 27.4 Å². The molecule has 15 heteroatoms. The third kappa shape index (κ3) is 6.22. The second kappa shape index (κ2) is 15.7. The van der Waals surface area contributed by atoms with Crippen LogP contribution in [0.2, 0.25) is 0 Å². The first-order valence-corrected chi connectivity index (χ1v) is 28.2. The van der Waals surface area contributed by atoms with Crippen LogP contribution in [0.3, 0.4) is 0 Å². The summed E-state index contributed by atoms with van der Waals surface area (Å²) in [5, 5.41) is 5.65. The molecule has 0 unspecified atom stereocenters. The first-order valence-electron chi connectivity index (χ1n) is 24.1. The molecule has 0 aliphatic carbocycles. The zero-order chi connectivity index (χ0) is 49.5. The molecule has 0 radical (unpaired) electrons. The van der Waals surface area contributed by atoms with E-state index >= 15 is 13.2 Å². The van der Waals surface area contributed by atoms with Crippen LogP contribution >= 0.6 is 46.2 Å². The zero-order valence-corrected chi connectivity index (χ0v) is 43.4. The van der Waals surface area contributed by atoms with Gasteiger partial charge in [0, 0.05) is 62.3 Å². The number of nitrogens with one attached hydrogen (secondary N) is 1. The Bertz CT molecular complexity index is 4160. The Kier molecular flexibility index (Phi) is 9.44. The van der Waals surface area contributed by atoms with Crippen LogP contribution in [-0.2, 0) is 0 Å². The molecule has 0 spiro atoms. The number of aryl methyl sites for hydroxylation is 4. The maximum atomic E-state index is 16.6. The number of nitrogens with zero attached hydrogens (tertiary/aromatic N) is 1. The number of hydrogen-bond acceptors (Lipinski definition) is 9. The number of thioether (sulfide) groups is 2. The Balaban J connectivity index is 1.01. The van der Waals surface area contributed by atoms with Crippen LogP contribution in [0.1, 0.15) is 22.3 Å². The van der Waals surface area contributed by atoms with E-state index in [4.69, 9.17) is 14.2 Å². The highest BCUT2D eigenvalue weighted by Gasteiger charge is 2.48. The molecule has 0 saturated heterocycles. The van der Waals surface area contributed by atoms with E-state index in [1.807, 2.05) is 19.1 Å². The average Bonchev–Trinajstić information content (AvgIpc) is 3.92. The lowest BCUT2D eigenvalue weighted by molar-refractivity contribution is 0.486. The minimum Gasteiger partial charge on any atom is -0.458 e. The molecule has 0 bridgehead atoms.